The van der Waals surface area contributed by atoms with E-state index in [1.54, 1.807) is 49.4 Å². The number of benzene rings is 2. The SMILES string of the molecule is COC(=O)c1cccc(OCCN2C(=O)N[C@@](C)(c3ccc(C#N)cc3)C2=O)c1. The third-order valence-electron chi connectivity index (χ3n) is 4.71. The highest BCUT2D eigenvalue weighted by Crippen LogP contribution is 2.29. The zero-order valence-corrected chi connectivity index (χ0v) is 16.0. The van der Waals surface area contributed by atoms with E-state index in [9.17, 15) is 14.4 Å². The van der Waals surface area contributed by atoms with Gasteiger partial charge in [0.25, 0.3) is 5.91 Å². The standard InChI is InChI=1S/C21H19N3O5/c1-21(16-8-6-14(13-22)7-9-16)19(26)24(20(27)23-21)10-11-29-17-5-3-4-15(12-17)18(25)28-2/h3-9,12H,10-11H2,1-2H3,(H,23,27)/t21-/m0/s1. The molecule has 8 heteroatoms. The van der Waals surface area contributed by atoms with Crippen LogP contribution in [0, 0.1) is 11.3 Å². The van der Waals surface area contributed by atoms with Crippen LogP contribution in [0.2, 0.25) is 0 Å². The lowest BCUT2D eigenvalue weighted by Crippen LogP contribution is -2.41. The molecule has 2 aromatic rings. The number of hydrogen-bond acceptors (Lipinski definition) is 6. The van der Waals surface area contributed by atoms with Crippen LogP contribution >= 0.6 is 0 Å². The Kier molecular flexibility index (Phi) is 5.50. The van der Waals surface area contributed by atoms with E-state index in [4.69, 9.17) is 10.00 Å². The summed E-state index contributed by atoms with van der Waals surface area (Å²) in [5.74, 6) is -0.461. The van der Waals surface area contributed by atoms with Gasteiger partial charge in [0, 0.05) is 0 Å². The van der Waals surface area contributed by atoms with Crippen molar-refractivity contribution < 1.29 is 23.9 Å². The van der Waals surface area contributed by atoms with Crippen LogP contribution < -0.4 is 10.1 Å². The van der Waals surface area contributed by atoms with Gasteiger partial charge in [-0.15, -0.1) is 0 Å². The minimum atomic E-state index is -1.21. The Morgan fingerprint density at radius 2 is 1.93 bits per heavy atom. The first-order valence-electron chi connectivity index (χ1n) is 8.85. The molecule has 1 atom stereocenters. The summed E-state index contributed by atoms with van der Waals surface area (Å²) in [6.07, 6.45) is 0. The van der Waals surface area contributed by atoms with Gasteiger partial charge in [0.15, 0.2) is 0 Å². The third kappa shape index (κ3) is 3.89. The molecule has 3 rings (SSSR count). The van der Waals surface area contributed by atoms with Gasteiger partial charge in [-0.1, -0.05) is 18.2 Å². The molecule has 0 aliphatic carbocycles. The summed E-state index contributed by atoms with van der Waals surface area (Å²) < 4.78 is 10.3. The first kappa shape index (κ1) is 19.9. The molecule has 148 valence electrons. The monoisotopic (exact) mass is 393 g/mol. The van der Waals surface area contributed by atoms with E-state index >= 15 is 0 Å². The number of hydrogen-bond donors (Lipinski definition) is 1. The van der Waals surface area contributed by atoms with Gasteiger partial charge in [-0.3, -0.25) is 9.69 Å². The number of esters is 1. The molecule has 1 aliphatic heterocycles. The lowest BCUT2D eigenvalue weighted by Gasteiger charge is -2.22. The maximum Gasteiger partial charge on any atom is 0.337 e. The largest absolute Gasteiger partial charge is 0.492 e. The summed E-state index contributed by atoms with van der Waals surface area (Å²) in [5, 5.41) is 11.6. The van der Waals surface area contributed by atoms with Crippen LogP contribution in [0.25, 0.3) is 0 Å². The van der Waals surface area contributed by atoms with Crippen molar-refractivity contribution in [2.24, 2.45) is 0 Å². The van der Waals surface area contributed by atoms with E-state index in [2.05, 4.69) is 10.1 Å². The highest BCUT2D eigenvalue weighted by molar-refractivity contribution is 6.07. The Hall–Kier alpha value is -3.86. The first-order valence-corrected chi connectivity index (χ1v) is 8.85. The van der Waals surface area contributed by atoms with Gasteiger partial charge >= 0.3 is 12.0 Å². The van der Waals surface area contributed by atoms with Crippen LogP contribution in [0.15, 0.2) is 48.5 Å². The average Bonchev–Trinajstić information content (AvgIpc) is 2.97. The molecule has 1 aliphatic rings. The second-order valence-corrected chi connectivity index (χ2v) is 6.57. The molecule has 3 amide bonds. The number of methoxy groups -OCH3 is 1. The number of imide groups is 1. The van der Waals surface area contributed by atoms with E-state index in [1.165, 1.54) is 13.2 Å². The Balaban J connectivity index is 1.66. The van der Waals surface area contributed by atoms with Gasteiger partial charge in [-0.2, -0.15) is 5.26 Å². The van der Waals surface area contributed by atoms with Gasteiger partial charge in [0.2, 0.25) is 0 Å². The molecule has 0 bridgehead atoms. The molecule has 0 aromatic heterocycles. The maximum absolute atomic E-state index is 12.9. The molecule has 1 N–H and O–H groups in total. The molecule has 0 radical (unpaired) electrons. The first-order chi connectivity index (χ1) is 13.9. The summed E-state index contributed by atoms with van der Waals surface area (Å²) >= 11 is 0. The van der Waals surface area contributed by atoms with Crippen LogP contribution in [-0.4, -0.2) is 43.1 Å². The van der Waals surface area contributed by atoms with Crippen LogP contribution in [-0.2, 0) is 15.1 Å². The third-order valence-corrected chi connectivity index (χ3v) is 4.71. The Labute approximate surface area is 167 Å². The fraction of sp³-hybridized carbons (Fsp3) is 0.238. The summed E-state index contributed by atoms with van der Waals surface area (Å²) in [4.78, 5) is 37.9. The zero-order chi connectivity index (χ0) is 21.0. The summed E-state index contributed by atoms with van der Waals surface area (Å²) in [6.45, 7) is 1.72. The Morgan fingerprint density at radius 3 is 2.59 bits per heavy atom. The summed E-state index contributed by atoms with van der Waals surface area (Å²) in [5.41, 5.74) is 0.182. The maximum atomic E-state index is 12.9. The lowest BCUT2D eigenvalue weighted by atomic mass is 9.91. The minimum absolute atomic E-state index is 0.0407. The number of carbonyl (C=O) groups is 3. The van der Waals surface area contributed by atoms with Crippen molar-refractivity contribution in [1.29, 1.82) is 5.26 Å². The highest BCUT2D eigenvalue weighted by Gasteiger charge is 2.48. The molecule has 1 fully saturated rings. The normalized spacial score (nSPS) is 18.2. The molecular weight excluding hydrogens is 374 g/mol. The quantitative estimate of drug-likeness (QED) is 0.595. The summed E-state index contributed by atoms with van der Waals surface area (Å²) in [7, 11) is 1.29. The number of urea groups is 1. The number of nitrogens with zero attached hydrogens (tertiary/aromatic N) is 2. The van der Waals surface area contributed by atoms with Gasteiger partial charge in [0.05, 0.1) is 30.9 Å². The van der Waals surface area contributed by atoms with Crippen LogP contribution in [0.3, 0.4) is 0 Å². The van der Waals surface area contributed by atoms with Crippen molar-refractivity contribution in [2.45, 2.75) is 12.5 Å². The van der Waals surface area contributed by atoms with Crippen molar-refractivity contribution in [2.75, 3.05) is 20.3 Å². The van der Waals surface area contributed by atoms with Crippen LogP contribution in [0.1, 0.15) is 28.4 Å². The van der Waals surface area contributed by atoms with Crippen LogP contribution in [0.5, 0.6) is 5.75 Å². The van der Waals surface area contributed by atoms with E-state index in [0.29, 0.717) is 22.4 Å². The molecule has 1 saturated heterocycles. The number of nitrogens with one attached hydrogen (secondary N) is 1. The number of nitriles is 1. The number of ether oxygens (including phenoxy) is 2. The number of rotatable bonds is 6. The van der Waals surface area contributed by atoms with Crippen molar-refractivity contribution in [3.05, 3.63) is 65.2 Å². The predicted molar refractivity (Wildman–Crippen MR) is 102 cm³/mol. The van der Waals surface area contributed by atoms with Gasteiger partial charge in [-0.05, 0) is 42.8 Å². The van der Waals surface area contributed by atoms with Gasteiger partial charge in [-0.25, -0.2) is 9.59 Å². The van der Waals surface area contributed by atoms with E-state index < -0.39 is 23.4 Å². The highest BCUT2D eigenvalue weighted by atomic mass is 16.5. The smallest absolute Gasteiger partial charge is 0.337 e. The second kappa shape index (κ2) is 8.02. The van der Waals surface area contributed by atoms with E-state index in [-0.39, 0.29) is 13.2 Å². The fourth-order valence-corrected chi connectivity index (χ4v) is 3.06. The van der Waals surface area contributed by atoms with Crippen LogP contribution in [0.4, 0.5) is 4.79 Å². The van der Waals surface area contributed by atoms with Crippen molar-refractivity contribution >= 4 is 17.9 Å². The molecule has 0 unspecified atom stereocenters. The molecule has 29 heavy (non-hydrogen) atoms. The fourth-order valence-electron chi connectivity index (χ4n) is 3.06. The Bertz CT molecular complexity index is 996. The van der Waals surface area contributed by atoms with E-state index in [1.807, 2.05) is 6.07 Å². The molecular formula is C21H19N3O5. The van der Waals surface area contributed by atoms with E-state index in [0.717, 1.165) is 4.90 Å². The number of amides is 3. The topological polar surface area (TPSA) is 109 Å². The summed E-state index contributed by atoms with van der Waals surface area (Å²) in [6, 6.07) is 14.4. The molecule has 2 aromatic carbocycles. The Morgan fingerprint density at radius 1 is 1.21 bits per heavy atom. The molecule has 0 spiro atoms. The van der Waals surface area contributed by atoms with Crippen molar-refractivity contribution in [3.63, 3.8) is 0 Å². The number of carbonyl (C=O) groups excluding carboxylic acids is 3. The van der Waals surface area contributed by atoms with Crippen molar-refractivity contribution in [3.8, 4) is 11.8 Å². The second-order valence-electron chi connectivity index (χ2n) is 6.57. The average molecular weight is 393 g/mol. The van der Waals surface area contributed by atoms with Gasteiger partial charge < -0.3 is 14.8 Å². The molecule has 8 nitrogen and oxygen atoms in total. The molecule has 0 saturated carbocycles. The molecule has 1 heterocycles. The zero-order valence-electron chi connectivity index (χ0n) is 16.0. The van der Waals surface area contributed by atoms with Gasteiger partial charge in [0.1, 0.15) is 17.9 Å². The minimum Gasteiger partial charge on any atom is -0.492 e. The lowest BCUT2D eigenvalue weighted by molar-refractivity contribution is -0.131. The predicted octanol–water partition coefficient (Wildman–Crippen LogP) is 2.19. The van der Waals surface area contributed by atoms with Crippen molar-refractivity contribution in [1.82, 2.24) is 10.2 Å².